The summed E-state index contributed by atoms with van der Waals surface area (Å²) >= 11 is 0. The molecule has 0 aliphatic rings. The molecule has 2 aromatic heterocycles. The molecule has 0 bridgehead atoms. The minimum absolute atomic E-state index is 0.790. The number of rotatable bonds is 5. The fourth-order valence-corrected chi connectivity index (χ4v) is 2.21. The van der Waals surface area contributed by atoms with Gasteiger partial charge >= 0.3 is 0 Å². The van der Waals surface area contributed by atoms with Crippen molar-refractivity contribution in [1.29, 1.82) is 0 Å². The molecule has 0 saturated heterocycles. The monoisotopic (exact) mass is 267 g/mol. The van der Waals surface area contributed by atoms with E-state index in [-0.39, 0.29) is 0 Å². The molecule has 102 valence electrons. The van der Waals surface area contributed by atoms with Crippen molar-refractivity contribution in [3.05, 3.63) is 48.4 Å². The van der Waals surface area contributed by atoms with E-state index < -0.39 is 0 Å². The first-order valence-electron chi connectivity index (χ1n) is 6.83. The molecule has 3 rings (SSSR count). The second kappa shape index (κ2) is 5.69. The van der Waals surface area contributed by atoms with E-state index in [4.69, 9.17) is 0 Å². The van der Waals surface area contributed by atoms with E-state index in [0.717, 1.165) is 41.8 Å². The molecule has 0 aliphatic carbocycles. The third-order valence-corrected chi connectivity index (χ3v) is 3.26. The maximum atomic E-state index is 4.64. The zero-order valence-corrected chi connectivity index (χ0v) is 11.5. The summed E-state index contributed by atoms with van der Waals surface area (Å²) in [5.41, 5.74) is 3.27. The van der Waals surface area contributed by atoms with Crippen molar-refractivity contribution in [2.75, 3.05) is 11.9 Å². The molecular formula is C15H17N5. The van der Waals surface area contributed by atoms with Crippen molar-refractivity contribution in [1.82, 2.24) is 20.0 Å². The van der Waals surface area contributed by atoms with Gasteiger partial charge in [0.1, 0.15) is 0 Å². The lowest BCUT2D eigenvalue weighted by Gasteiger charge is -2.11. The van der Waals surface area contributed by atoms with Gasteiger partial charge in [-0.1, -0.05) is 30.3 Å². The number of benzene rings is 1. The van der Waals surface area contributed by atoms with Gasteiger partial charge < -0.3 is 5.32 Å². The lowest BCUT2D eigenvalue weighted by Crippen LogP contribution is -2.11. The summed E-state index contributed by atoms with van der Waals surface area (Å²) in [5, 5.41) is 12.4. The predicted molar refractivity (Wildman–Crippen MR) is 79.6 cm³/mol. The highest BCUT2D eigenvalue weighted by Gasteiger charge is 2.04. The Kier molecular flexibility index (Phi) is 3.58. The Morgan fingerprint density at radius 3 is 2.95 bits per heavy atom. The maximum absolute atomic E-state index is 4.64. The summed E-state index contributed by atoms with van der Waals surface area (Å²) in [4.78, 5) is 4.64. The minimum Gasteiger partial charge on any atom is -0.383 e. The number of nitrogens with one attached hydrogen (secondary N) is 1. The van der Waals surface area contributed by atoms with Crippen LogP contribution in [0.3, 0.4) is 0 Å². The lowest BCUT2D eigenvalue weighted by molar-refractivity contribution is 0.609. The Balaban J connectivity index is 1.82. The molecular weight excluding hydrogens is 250 g/mol. The second-order valence-corrected chi connectivity index (χ2v) is 4.62. The summed E-state index contributed by atoms with van der Waals surface area (Å²) in [6.07, 6.45) is 4.49. The molecule has 0 amide bonds. The molecule has 0 radical (unpaired) electrons. The average molecular weight is 267 g/mol. The first kappa shape index (κ1) is 12.6. The van der Waals surface area contributed by atoms with Gasteiger partial charge in [-0.25, -0.2) is 0 Å². The van der Waals surface area contributed by atoms with Gasteiger partial charge in [-0.2, -0.15) is 0 Å². The van der Waals surface area contributed by atoms with Crippen molar-refractivity contribution in [2.24, 2.45) is 0 Å². The summed E-state index contributed by atoms with van der Waals surface area (Å²) in [7, 11) is 0. The topological polar surface area (TPSA) is 55.6 Å². The number of fused-ring (bicyclic) bond motifs is 1. The predicted octanol–water partition coefficient (Wildman–Crippen LogP) is 2.50. The van der Waals surface area contributed by atoms with Crippen molar-refractivity contribution in [3.63, 3.8) is 0 Å². The molecule has 5 heteroatoms. The highest BCUT2D eigenvalue weighted by Crippen LogP contribution is 2.23. The van der Waals surface area contributed by atoms with E-state index >= 15 is 0 Å². The Morgan fingerprint density at radius 2 is 2.15 bits per heavy atom. The third kappa shape index (κ3) is 2.61. The maximum Gasteiger partial charge on any atom is 0.0726 e. The number of aromatic nitrogens is 4. The van der Waals surface area contributed by atoms with Crippen molar-refractivity contribution in [3.8, 4) is 0 Å². The van der Waals surface area contributed by atoms with Gasteiger partial charge in [0.05, 0.1) is 18.3 Å². The molecule has 0 fully saturated rings. The van der Waals surface area contributed by atoms with Crippen LogP contribution >= 0.6 is 0 Å². The highest BCUT2D eigenvalue weighted by atomic mass is 15.4. The number of hydrogen-bond acceptors (Lipinski definition) is 4. The largest absolute Gasteiger partial charge is 0.383 e. The van der Waals surface area contributed by atoms with Crippen LogP contribution in [0.4, 0.5) is 5.69 Å². The molecule has 0 aliphatic heterocycles. The van der Waals surface area contributed by atoms with Gasteiger partial charge in [0, 0.05) is 29.5 Å². The normalized spacial score (nSPS) is 10.8. The van der Waals surface area contributed by atoms with Crippen LogP contribution in [-0.4, -0.2) is 26.5 Å². The van der Waals surface area contributed by atoms with Crippen LogP contribution in [0.2, 0.25) is 0 Å². The Labute approximate surface area is 117 Å². The Morgan fingerprint density at radius 1 is 1.25 bits per heavy atom. The highest BCUT2D eigenvalue weighted by molar-refractivity contribution is 5.91. The van der Waals surface area contributed by atoms with Crippen LogP contribution in [0.5, 0.6) is 0 Å². The molecule has 1 N–H and O–H groups in total. The van der Waals surface area contributed by atoms with Gasteiger partial charge in [-0.05, 0) is 18.6 Å². The van der Waals surface area contributed by atoms with Crippen molar-refractivity contribution >= 4 is 16.6 Å². The first-order valence-corrected chi connectivity index (χ1v) is 6.83. The van der Waals surface area contributed by atoms with Gasteiger partial charge in [0.25, 0.3) is 0 Å². The number of anilines is 1. The van der Waals surface area contributed by atoms with E-state index in [1.165, 1.54) is 0 Å². The smallest absolute Gasteiger partial charge is 0.0726 e. The molecule has 5 nitrogen and oxygen atoms in total. The number of aryl methyl sites for hydroxylation is 1. The molecule has 3 aromatic rings. The summed E-state index contributed by atoms with van der Waals surface area (Å²) in [6, 6.07) is 10.3. The van der Waals surface area contributed by atoms with E-state index in [1.807, 2.05) is 23.0 Å². The van der Waals surface area contributed by atoms with Crippen LogP contribution in [0, 0.1) is 0 Å². The number of pyridine rings is 1. The van der Waals surface area contributed by atoms with E-state index in [2.05, 4.69) is 45.7 Å². The molecule has 2 heterocycles. The lowest BCUT2D eigenvalue weighted by atomic mass is 10.1. The van der Waals surface area contributed by atoms with Crippen LogP contribution in [0.15, 0.2) is 42.7 Å². The van der Waals surface area contributed by atoms with Crippen LogP contribution < -0.4 is 5.32 Å². The van der Waals surface area contributed by atoms with E-state index in [9.17, 15) is 0 Å². The Bertz CT molecular complexity index is 691. The number of hydrogen-bond donors (Lipinski definition) is 1. The molecule has 0 saturated carbocycles. The second-order valence-electron chi connectivity index (χ2n) is 4.62. The zero-order valence-electron chi connectivity index (χ0n) is 11.5. The fraction of sp³-hybridized carbons (Fsp3) is 0.267. The van der Waals surface area contributed by atoms with Crippen LogP contribution in [0.25, 0.3) is 10.9 Å². The molecule has 0 atom stereocenters. The summed E-state index contributed by atoms with van der Waals surface area (Å²) in [6.45, 7) is 3.72. The van der Waals surface area contributed by atoms with Gasteiger partial charge in [0.2, 0.25) is 0 Å². The van der Waals surface area contributed by atoms with Gasteiger partial charge in [0.15, 0.2) is 0 Å². The van der Waals surface area contributed by atoms with Crippen LogP contribution in [-0.2, 0) is 13.0 Å². The molecule has 0 unspecified atom stereocenters. The summed E-state index contributed by atoms with van der Waals surface area (Å²) in [5.74, 6) is 0. The van der Waals surface area contributed by atoms with Crippen molar-refractivity contribution < 1.29 is 0 Å². The average Bonchev–Trinajstić information content (AvgIpc) is 3.00. The van der Waals surface area contributed by atoms with E-state index in [1.54, 1.807) is 6.20 Å². The SMILES string of the molecule is CCc1cc(NCCn2ccnn2)c2ccccc2n1. The van der Waals surface area contributed by atoms with Crippen molar-refractivity contribution in [2.45, 2.75) is 19.9 Å². The van der Waals surface area contributed by atoms with Crippen LogP contribution in [0.1, 0.15) is 12.6 Å². The number of nitrogens with zero attached hydrogens (tertiary/aromatic N) is 4. The quantitative estimate of drug-likeness (QED) is 0.771. The number of para-hydroxylation sites is 1. The Hall–Kier alpha value is -2.43. The van der Waals surface area contributed by atoms with Gasteiger partial charge in [-0.15, -0.1) is 5.10 Å². The molecule has 1 aromatic carbocycles. The molecule has 20 heavy (non-hydrogen) atoms. The standard InChI is InChI=1S/C15H17N5/c1-2-12-11-15(13-5-3-4-6-14(13)18-12)16-7-9-20-10-8-17-19-20/h3-6,8,10-11H,2,7,9H2,1H3,(H,16,18). The summed E-state index contributed by atoms with van der Waals surface area (Å²) < 4.78 is 1.82. The zero-order chi connectivity index (χ0) is 13.8. The van der Waals surface area contributed by atoms with E-state index in [0.29, 0.717) is 0 Å². The molecule has 0 spiro atoms. The minimum atomic E-state index is 0.790. The van der Waals surface area contributed by atoms with Gasteiger partial charge in [-0.3, -0.25) is 9.67 Å². The first-order chi connectivity index (χ1) is 9.86. The third-order valence-electron chi connectivity index (χ3n) is 3.26. The fourth-order valence-electron chi connectivity index (χ4n) is 2.21.